The average molecular weight is 542 g/mol. The molecule has 0 spiro atoms. The van der Waals surface area contributed by atoms with Crippen LogP contribution in [0.2, 0.25) is 0 Å². The predicted octanol–water partition coefficient (Wildman–Crippen LogP) is 6.49. The van der Waals surface area contributed by atoms with Crippen molar-refractivity contribution in [1.29, 1.82) is 0 Å². The van der Waals surface area contributed by atoms with Gasteiger partial charge in [-0.25, -0.2) is 0 Å². The maximum absolute atomic E-state index is 14.5. The van der Waals surface area contributed by atoms with Crippen molar-refractivity contribution in [1.82, 2.24) is 9.80 Å². The van der Waals surface area contributed by atoms with Crippen molar-refractivity contribution >= 4 is 17.7 Å². The van der Waals surface area contributed by atoms with Crippen molar-refractivity contribution in [2.45, 2.75) is 172 Å². The van der Waals surface area contributed by atoms with E-state index in [1.165, 1.54) is 77.0 Å². The third kappa shape index (κ3) is 7.01. The van der Waals surface area contributed by atoms with Gasteiger partial charge in [0.2, 0.25) is 17.7 Å². The van der Waals surface area contributed by atoms with Crippen molar-refractivity contribution in [3.05, 3.63) is 0 Å². The average Bonchev–Trinajstić information content (AvgIpc) is 2.99. The Morgan fingerprint density at radius 1 is 0.410 bits per heavy atom. The van der Waals surface area contributed by atoms with E-state index >= 15 is 0 Å². The Hall–Kier alpha value is -1.59. The van der Waals surface area contributed by atoms with E-state index in [9.17, 15) is 14.4 Å². The summed E-state index contributed by atoms with van der Waals surface area (Å²) in [5.74, 6) is -0.740. The van der Waals surface area contributed by atoms with E-state index in [0.29, 0.717) is 43.4 Å². The molecule has 3 amide bonds. The number of primary amides is 1. The molecule has 5 aliphatic rings. The highest BCUT2D eigenvalue weighted by molar-refractivity contribution is 5.86. The number of nitrogens with zero attached hydrogens (tertiary/aromatic N) is 2. The second kappa shape index (κ2) is 13.9. The molecule has 0 aromatic rings. The second-order valence-corrected chi connectivity index (χ2v) is 13.9. The van der Waals surface area contributed by atoms with Crippen LogP contribution in [-0.2, 0) is 14.4 Å². The molecule has 5 aliphatic carbocycles. The van der Waals surface area contributed by atoms with E-state index in [0.717, 1.165) is 51.4 Å². The lowest BCUT2D eigenvalue weighted by molar-refractivity contribution is -0.150. The van der Waals surface area contributed by atoms with Crippen LogP contribution in [0.25, 0.3) is 0 Å². The lowest BCUT2D eigenvalue weighted by Crippen LogP contribution is -2.55. The molecule has 2 atom stereocenters. The van der Waals surface area contributed by atoms with E-state index in [2.05, 4.69) is 9.80 Å². The Balaban J connectivity index is 1.37. The summed E-state index contributed by atoms with van der Waals surface area (Å²) in [6, 6.07) is 1.33. The summed E-state index contributed by atoms with van der Waals surface area (Å²) in [4.78, 5) is 46.1. The summed E-state index contributed by atoms with van der Waals surface area (Å²) in [5.41, 5.74) is 5.93. The molecule has 0 bridgehead atoms. The number of amides is 3. The molecule has 0 aromatic heterocycles. The first kappa shape index (κ1) is 28.9. The van der Waals surface area contributed by atoms with Crippen LogP contribution in [0, 0.1) is 17.8 Å². The normalized spacial score (nSPS) is 30.5. The quantitative estimate of drug-likeness (QED) is 0.400. The molecular formula is C33H55N3O3. The monoisotopic (exact) mass is 541 g/mol. The van der Waals surface area contributed by atoms with Crippen LogP contribution in [0.1, 0.15) is 148 Å². The van der Waals surface area contributed by atoms with Gasteiger partial charge in [-0.15, -0.1) is 0 Å². The smallest absolute Gasteiger partial charge is 0.226 e. The number of carbonyl (C=O) groups excluding carboxylic acids is 3. The van der Waals surface area contributed by atoms with Gasteiger partial charge in [-0.2, -0.15) is 0 Å². The zero-order valence-corrected chi connectivity index (χ0v) is 24.5. The predicted molar refractivity (Wildman–Crippen MR) is 155 cm³/mol. The molecule has 0 saturated heterocycles. The van der Waals surface area contributed by atoms with Crippen LogP contribution in [-0.4, -0.2) is 51.7 Å². The maximum atomic E-state index is 14.5. The van der Waals surface area contributed by atoms with E-state index < -0.39 is 0 Å². The van der Waals surface area contributed by atoms with Crippen LogP contribution in [0.5, 0.6) is 0 Å². The molecule has 5 saturated carbocycles. The topological polar surface area (TPSA) is 83.7 Å². The molecule has 5 fully saturated rings. The zero-order chi connectivity index (χ0) is 27.2. The first-order valence-electron chi connectivity index (χ1n) is 17.0. The number of hydrogen-bond acceptors (Lipinski definition) is 3. The molecule has 0 heterocycles. The van der Waals surface area contributed by atoms with Gasteiger partial charge in [0.1, 0.15) is 0 Å². The Morgan fingerprint density at radius 2 is 0.667 bits per heavy atom. The van der Waals surface area contributed by atoms with Crippen LogP contribution in [0.4, 0.5) is 0 Å². The van der Waals surface area contributed by atoms with Gasteiger partial charge in [0.15, 0.2) is 0 Å². The lowest BCUT2D eigenvalue weighted by atomic mass is 9.72. The standard InChI is InChI=1S/C33H55N3O3/c34-31(37)24-21-25(32(38)35(27-13-5-1-6-14-27)28-15-7-2-8-16-28)23-26(22-24)33(39)36(29-17-9-3-10-18-29)30-19-11-4-12-20-30/h24-30H,1-23H2,(H2,34,37). The highest BCUT2D eigenvalue weighted by atomic mass is 16.2. The minimum atomic E-state index is -0.374. The SMILES string of the molecule is NC(=O)C1CC(C(=O)N(C2CCCCC2)C2CCCCC2)CC(C(=O)N(C2CCCCC2)C2CCCCC2)C1. The number of hydrogen-bond donors (Lipinski definition) is 1. The Bertz CT molecular complexity index is 726. The van der Waals surface area contributed by atoms with E-state index in [1.54, 1.807) is 0 Å². The van der Waals surface area contributed by atoms with E-state index in [1.807, 2.05) is 0 Å². The zero-order valence-electron chi connectivity index (χ0n) is 24.5. The largest absolute Gasteiger partial charge is 0.369 e. The highest BCUT2D eigenvalue weighted by Crippen LogP contribution is 2.41. The fourth-order valence-corrected chi connectivity index (χ4v) is 9.13. The summed E-state index contributed by atoms with van der Waals surface area (Å²) >= 11 is 0. The summed E-state index contributed by atoms with van der Waals surface area (Å²) in [6.45, 7) is 0. The van der Waals surface area contributed by atoms with Gasteiger partial charge in [0.05, 0.1) is 0 Å². The maximum Gasteiger partial charge on any atom is 0.226 e. The van der Waals surface area contributed by atoms with Crippen molar-refractivity contribution in [3.8, 4) is 0 Å². The lowest BCUT2D eigenvalue weighted by Gasteiger charge is -2.46. The van der Waals surface area contributed by atoms with Gasteiger partial charge in [-0.3, -0.25) is 14.4 Å². The molecular weight excluding hydrogens is 486 g/mol. The first-order chi connectivity index (χ1) is 19.0. The second-order valence-electron chi connectivity index (χ2n) is 13.9. The van der Waals surface area contributed by atoms with Crippen molar-refractivity contribution < 1.29 is 14.4 Å². The molecule has 2 unspecified atom stereocenters. The molecule has 220 valence electrons. The Morgan fingerprint density at radius 3 is 0.923 bits per heavy atom. The summed E-state index contributed by atoms with van der Waals surface area (Å²) in [5, 5.41) is 0. The van der Waals surface area contributed by atoms with Gasteiger partial charge < -0.3 is 15.5 Å². The van der Waals surface area contributed by atoms with E-state index in [4.69, 9.17) is 5.73 Å². The molecule has 5 rings (SSSR count). The van der Waals surface area contributed by atoms with Gasteiger partial charge >= 0.3 is 0 Å². The molecule has 6 nitrogen and oxygen atoms in total. The van der Waals surface area contributed by atoms with Crippen LogP contribution < -0.4 is 5.73 Å². The molecule has 0 aromatic carbocycles. The van der Waals surface area contributed by atoms with E-state index in [-0.39, 0.29) is 35.5 Å². The summed E-state index contributed by atoms with van der Waals surface area (Å²) < 4.78 is 0. The van der Waals surface area contributed by atoms with Gasteiger partial charge in [-0.05, 0) is 70.6 Å². The van der Waals surface area contributed by atoms with Gasteiger partial charge in [0, 0.05) is 41.9 Å². The van der Waals surface area contributed by atoms with Crippen molar-refractivity contribution in [3.63, 3.8) is 0 Å². The third-order valence-electron chi connectivity index (χ3n) is 11.2. The fraction of sp³-hybridized carbons (Fsp3) is 0.909. The van der Waals surface area contributed by atoms with Crippen molar-refractivity contribution in [2.24, 2.45) is 23.5 Å². The number of nitrogens with two attached hydrogens (primary N) is 1. The minimum Gasteiger partial charge on any atom is -0.369 e. The minimum absolute atomic E-state index is 0.236. The summed E-state index contributed by atoms with van der Waals surface area (Å²) in [6.07, 6.45) is 25.2. The first-order valence-corrected chi connectivity index (χ1v) is 17.0. The molecule has 39 heavy (non-hydrogen) atoms. The number of rotatable bonds is 7. The molecule has 2 N–H and O–H groups in total. The molecule has 0 aliphatic heterocycles. The molecule has 6 heteroatoms. The Kier molecular flexibility index (Phi) is 10.3. The van der Waals surface area contributed by atoms with Crippen LogP contribution >= 0.6 is 0 Å². The fourth-order valence-electron chi connectivity index (χ4n) is 9.13. The molecule has 0 radical (unpaired) electrons. The van der Waals surface area contributed by atoms with Crippen LogP contribution in [0.15, 0.2) is 0 Å². The highest BCUT2D eigenvalue weighted by Gasteiger charge is 2.45. The number of carbonyl (C=O) groups is 3. The van der Waals surface area contributed by atoms with Crippen LogP contribution in [0.3, 0.4) is 0 Å². The van der Waals surface area contributed by atoms with Gasteiger partial charge in [-0.1, -0.05) is 77.0 Å². The third-order valence-corrected chi connectivity index (χ3v) is 11.2. The van der Waals surface area contributed by atoms with Gasteiger partial charge in [0.25, 0.3) is 0 Å². The summed E-state index contributed by atoms with van der Waals surface area (Å²) in [7, 11) is 0. The van der Waals surface area contributed by atoms with Crippen molar-refractivity contribution in [2.75, 3.05) is 0 Å². The Labute approximate surface area is 237 Å².